The molecule has 0 spiro atoms. The van der Waals surface area contributed by atoms with E-state index in [9.17, 15) is 0 Å². The Morgan fingerprint density at radius 1 is 1.17 bits per heavy atom. The predicted molar refractivity (Wildman–Crippen MR) is 98.1 cm³/mol. The molecule has 3 aromatic rings. The monoisotopic (exact) mass is 343 g/mol. The minimum Gasteiger partial charge on any atom is -0.497 e. The number of aryl methyl sites for hydroxylation is 2. The SMILES string of the molecule is COc1cc(C)c(-c2cc(CCl)cn3nc(C(C)C)nc23)c(C)c1. The highest BCUT2D eigenvalue weighted by molar-refractivity contribution is 6.17. The largest absolute Gasteiger partial charge is 0.497 e. The first-order chi connectivity index (χ1) is 11.4. The summed E-state index contributed by atoms with van der Waals surface area (Å²) in [5.41, 5.74) is 6.41. The number of alkyl halides is 1. The van der Waals surface area contributed by atoms with Crippen molar-refractivity contribution in [3.8, 4) is 16.9 Å². The molecule has 0 aliphatic rings. The predicted octanol–water partition coefficient (Wildman–Crippen LogP) is 4.88. The van der Waals surface area contributed by atoms with Gasteiger partial charge in [0, 0.05) is 23.6 Å². The number of methoxy groups -OCH3 is 1. The second kappa shape index (κ2) is 6.44. The summed E-state index contributed by atoms with van der Waals surface area (Å²) in [7, 11) is 1.69. The second-order valence-corrected chi connectivity index (χ2v) is 6.69. The number of fused-ring (bicyclic) bond motifs is 1. The lowest BCUT2D eigenvalue weighted by Crippen LogP contribution is -1.98. The Bertz CT molecular complexity index is 876. The van der Waals surface area contributed by atoms with E-state index in [1.165, 1.54) is 0 Å². The van der Waals surface area contributed by atoms with Crippen molar-refractivity contribution in [3.63, 3.8) is 0 Å². The fourth-order valence-corrected chi connectivity index (χ4v) is 3.17. The van der Waals surface area contributed by atoms with Gasteiger partial charge in [-0.3, -0.25) is 0 Å². The minimum absolute atomic E-state index is 0.273. The van der Waals surface area contributed by atoms with Crippen LogP contribution in [0, 0.1) is 13.8 Å². The number of hydrogen-bond acceptors (Lipinski definition) is 3. The molecule has 0 N–H and O–H groups in total. The van der Waals surface area contributed by atoms with Gasteiger partial charge in [0.2, 0.25) is 0 Å². The van der Waals surface area contributed by atoms with E-state index in [2.05, 4.69) is 38.9 Å². The fraction of sp³-hybridized carbons (Fsp3) is 0.368. The standard InChI is InChI=1S/C19H22ClN3O/c1-11(2)18-21-19-16(8-14(9-20)10-23(19)22-18)17-12(3)6-15(24-5)7-13(17)4/h6-8,10-11H,9H2,1-5H3. The molecule has 2 heterocycles. The molecule has 5 heteroatoms. The van der Waals surface area contributed by atoms with Gasteiger partial charge in [-0.1, -0.05) is 13.8 Å². The number of halogens is 1. The van der Waals surface area contributed by atoms with E-state index in [1.807, 2.05) is 22.8 Å². The van der Waals surface area contributed by atoms with Crippen molar-refractivity contribution in [3.05, 3.63) is 46.9 Å². The summed E-state index contributed by atoms with van der Waals surface area (Å²) in [6.45, 7) is 8.38. The molecule has 0 aliphatic heterocycles. The van der Waals surface area contributed by atoms with E-state index >= 15 is 0 Å². The lowest BCUT2D eigenvalue weighted by atomic mass is 9.95. The van der Waals surface area contributed by atoms with Crippen molar-refractivity contribution in [2.24, 2.45) is 0 Å². The van der Waals surface area contributed by atoms with Crippen molar-refractivity contribution >= 4 is 17.2 Å². The number of nitrogens with zero attached hydrogens (tertiary/aromatic N) is 3. The molecular weight excluding hydrogens is 322 g/mol. The first-order valence-corrected chi connectivity index (χ1v) is 8.58. The van der Waals surface area contributed by atoms with Crippen LogP contribution in [0.1, 0.15) is 42.3 Å². The molecule has 0 saturated heterocycles. The first-order valence-electron chi connectivity index (χ1n) is 8.05. The summed E-state index contributed by atoms with van der Waals surface area (Å²) in [4.78, 5) is 4.77. The van der Waals surface area contributed by atoms with Gasteiger partial charge in [-0.25, -0.2) is 9.50 Å². The summed E-state index contributed by atoms with van der Waals surface area (Å²) in [6.07, 6.45) is 1.96. The van der Waals surface area contributed by atoms with Gasteiger partial charge in [-0.05, 0) is 54.3 Å². The van der Waals surface area contributed by atoms with Gasteiger partial charge < -0.3 is 4.74 Å². The minimum atomic E-state index is 0.273. The zero-order valence-corrected chi connectivity index (χ0v) is 15.5. The summed E-state index contributed by atoms with van der Waals surface area (Å²) < 4.78 is 7.23. The first kappa shape index (κ1) is 16.8. The molecule has 0 fully saturated rings. The van der Waals surface area contributed by atoms with Gasteiger partial charge in [-0.15, -0.1) is 11.6 Å². The highest BCUT2D eigenvalue weighted by atomic mass is 35.5. The summed E-state index contributed by atoms with van der Waals surface area (Å²) in [5.74, 6) is 2.42. The van der Waals surface area contributed by atoms with Crippen molar-refractivity contribution in [2.45, 2.75) is 39.5 Å². The summed E-state index contributed by atoms with van der Waals surface area (Å²) in [6, 6.07) is 6.21. The highest BCUT2D eigenvalue weighted by Gasteiger charge is 2.17. The van der Waals surface area contributed by atoms with Crippen LogP contribution < -0.4 is 4.74 Å². The van der Waals surface area contributed by atoms with Crippen LogP contribution in [-0.4, -0.2) is 21.7 Å². The van der Waals surface area contributed by atoms with Crippen molar-refractivity contribution in [1.82, 2.24) is 14.6 Å². The third-order valence-corrected chi connectivity index (χ3v) is 4.50. The maximum absolute atomic E-state index is 6.10. The van der Waals surface area contributed by atoms with E-state index in [0.717, 1.165) is 45.0 Å². The van der Waals surface area contributed by atoms with Crippen LogP contribution in [-0.2, 0) is 5.88 Å². The third-order valence-electron chi connectivity index (χ3n) is 4.19. The Balaban J connectivity index is 2.32. The average Bonchev–Trinajstić information content (AvgIpc) is 2.98. The molecule has 4 nitrogen and oxygen atoms in total. The van der Waals surface area contributed by atoms with Crippen LogP contribution in [0.15, 0.2) is 24.4 Å². The van der Waals surface area contributed by atoms with E-state index in [-0.39, 0.29) is 5.92 Å². The van der Waals surface area contributed by atoms with Crippen molar-refractivity contribution in [2.75, 3.05) is 7.11 Å². The molecule has 0 atom stereocenters. The molecule has 0 bridgehead atoms. The number of aromatic nitrogens is 3. The quantitative estimate of drug-likeness (QED) is 0.633. The molecule has 0 aliphatic carbocycles. The topological polar surface area (TPSA) is 39.4 Å². The molecule has 0 unspecified atom stereocenters. The van der Waals surface area contributed by atoms with Gasteiger partial charge in [-0.2, -0.15) is 5.10 Å². The van der Waals surface area contributed by atoms with Gasteiger partial charge in [0.15, 0.2) is 11.5 Å². The number of ether oxygens (including phenoxy) is 1. The zero-order chi connectivity index (χ0) is 17.4. The average molecular weight is 344 g/mol. The maximum Gasteiger partial charge on any atom is 0.163 e. The number of rotatable bonds is 4. The summed E-state index contributed by atoms with van der Waals surface area (Å²) in [5, 5.41) is 4.62. The molecule has 24 heavy (non-hydrogen) atoms. The van der Waals surface area contributed by atoms with E-state index in [0.29, 0.717) is 5.88 Å². The molecule has 126 valence electrons. The molecule has 0 saturated carbocycles. The van der Waals surface area contributed by atoms with E-state index in [4.69, 9.17) is 21.3 Å². The van der Waals surface area contributed by atoms with Crippen LogP contribution in [0.5, 0.6) is 5.75 Å². The summed E-state index contributed by atoms with van der Waals surface area (Å²) >= 11 is 6.10. The van der Waals surface area contributed by atoms with Gasteiger partial charge in [0.25, 0.3) is 0 Å². The Labute approximate surface area is 147 Å². The lowest BCUT2D eigenvalue weighted by molar-refractivity contribution is 0.414. The Morgan fingerprint density at radius 3 is 2.38 bits per heavy atom. The smallest absolute Gasteiger partial charge is 0.163 e. The zero-order valence-electron chi connectivity index (χ0n) is 14.7. The van der Waals surface area contributed by atoms with Crippen LogP contribution in [0.3, 0.4) is 0 Å². The van der Waals surface area contributed by atoms with Gasteiger partial charge in [0.05, 0.1) is 7.11 Å². The number of pyridine rings is 1. The molecule has 3 rings (SSSR count). The van der Waals surface area contributed by atoms with Gasteiger partial charge in [0.1, 0.15) is 5.75 Å². The molecular formula is C19H22ClN3O. The van der Waals surface area contributed by atoms with E-state index < -0.39 is 0 Å². The fourth-order valence-electron chi connectivity index (χ4n) is 3.03. The molecule has 2 aromatic heterocycles. The Morgan fingerprint density at radius 2 is 1.83 bits per heavy atom. The molecule has 0 radical (unpaired) electrons. The number of hydrogen-bond donors (Lipinski definition) is 0. The molecule has 1 aromatic carbocycles. The van der Waals surface area contributed by atoms with Gasteiger partial charge >= 0.3 is 0 Å². The van der Waals surface area contributed by atoms with Crippen molar-refractivity contribution < 1.29 is 4.74 Å². The van der Waals surface area contributed by atoms with Crippen LogP contribution >= 0.6 is 11.6 Å². The van der Waals surface area contributed by atoms with Crippen LogP contribution in [0.25, 0.3) is 16.8 Å². The van der Waals surface area contributed by atoms with Crippen LogP contribution in [0.4, 0.5) is 0 Å². The van der Waals surface area contributed by atoms with E-state index in [1.54, 1.807) is 7.11 Å². The normalized spacial score (nSPS) is 11.5. The second-order valence-electron chi connectivity index (χ2n) is 6.42. The Hall–Kier alpha value is -2.07. The lowest BCUT2D eigenvalue weighted by Gasteiger charge is -2.14. The third kappa shape index (κ3) is 2.86. The van der Waals surface area contributed by atoms with Crippen molar-refractivity contribution in [1.29, 1.82) is 0 Å². The van der Waals surface area contributed by atoms with Crippen LogP contribution in [0.2, 0.25) is 0 Å². The molecule has 0 amide bonds. The maximum atomic E-state index is 6.10. The highest BCUT2D eigenvalue weighted by Crippen LogP contribution is 2.34. The Kier molecular flexibility index (Phi) is 4.50. The number of benzene rings is 1.